The largest absolute Gasteiger partial charge is 0.508 e. The maximum absolute atomic E-state index is 11.5. The fraction of sp³-hybridized carbons (Fsp3) is 0.188. The molecule has 0 saturated heterocycles. The highest BCUT2D eigenvalue weighted by Gasteiger charge is 2.22. The van der Waals surface area contributed by atoms with Crippen molar-refractivity contribution in [3.63, 3.8) is 0 Å². The van der Waals surface area contributed by atoms with Gasteiger partial charge in [-0.25, -0.2) is 0 Å². The zero-order valence-electron chi connectivity index (χ0n) is 11.0. The maximum atomic E-state index is 11.5. The van der Waals surface area contributed by atoms with Crippen LogP contribution in [0.3, 0.4) is 0 Å². The van der Waals surface area contributed by atoms with Gasteiger partial charge in [0.05, 0.1) is 5.92 Å². The van der Waals surface area contributed by atoms with Gasteiger partial charge in [-0.3, -0.25) is 4.79 Å². The van der Waals surface area contributed by atoms with E-state index < -0.39 is 11.9 Å². The lowest BCUT2D eigenvalue weighted by molar-refractivity contribution is -0.138. The average molecular weight is 291 g/mol. The molecule has 0 heterocycles. The Balaban J connectivity index is 2.34. The smallest absolute Gasteiger partial charge is 0.311 e. The number of benzene rings is 2. The number of hydrogen-bond donors (Lipinski definition) is 2. The van der Waals surface area contributed by atoms with Gasteiger partial charge in [0.15, 0.2) is 0 Å². The van der Waals surface area contributed by atoms with Gasteiger partial charge in [-0.15, -0.1) is 0 Å². The number of phenols is 1. The van der Waals surface area contributed by atoms with Crippen LogP contribution in [0.15, 0.2) is 42.5 Å². The molecule has 2 N–H and O–H groups in total. The van der Waals surface area contributed by atoms with Crippen molar-refractivity contribution in [3.05, 3.63) is 64.2 Å². The van der Waals surface area contributed by atoms with Crippen molar-refractivity contribution in [2.75, 3.05) is 0 Å². The van der Waals surface area contributed by atoms with Gasteiger partial charge in [-0.2, -0.15) is 0 Å². The van der Waals surface area contributed by atoms with Crippen LogP contribution < -0.4 is 0 Å². The van der Waals surface area contributed by atoms with Crippen molar-refractivity contribution in [2.45, 2.75) is 19.3 Å². The van der Waals surface area contributed by atoms with E-state index in [0.29, 0.717) is 16.1 Å². The molecular weight excluding hydrogens is 276 g/mol. The first-order valence-electron chi connectivity index (χ1n) is 6.24. The minimum atomic E-state index is -0.937. The Hall–Kier alpha value is -2.00. The number of hydrogen-bond acceptors (Lipinski definition) is 2. The van der Waals surface area contributed by atoms with E-state index in [2.05, 4.69) is 0 Å². The Kier molecular flexibility index (Phi) is 4.30. The van der Waals surface area contributed by atoms with Gasteiger partial charge >= 0.3 is 5.97 Å². The number of carboxylic acids is 1. The third kappa shape index (κ3) is 3.11. The standard InChI is InChI=1S/C16H15ClO3/c1-10-6-7-11(9-14(10)17)13(16(19)20)8-12-4-2-3-5-15(12)18/h2-7,9,13,18H,8H2,1H3,(H,19,20). The molecule has 0 spiro atoms. The van der Waals surface area contributed by atoms with Gasteiger partial charge in [-0.05, 0) is 42.2 Å². The Morgan fingerprint density at radius 1 is 1.25 bits per heavy atom. The predicted octanol–water partition coefficient (Wildman–Crippen LogP) is 3.76. The highest BCUT2D eigenvalue weighted by molar-refractivity contribution is 6.31. The second-order valence-electron chi connectivity index (χ2n) is 4.73. The third-order valence-corrected chi connectivity index (χ3v) is 3.72. The van der Waals surface area contributed by atoms with Gasteiger partial charge in [-0.1, -0.05) is 41.9 Å². The van der Waals surface area contributed by atoms with Crippen LogP contribution in [0.2, 0.25) is 5.02 Å². The van der Waals surface area contributed by atoms with Crippen LogP contribution in [0.25, 0.3) is 0 Å². The summed E-state index contributed by atoms with van der Waals surface area (Å²) in [6, 6.07) is 12.0. The summed E-state index contributed by atoms with van der Waals surface area (Å²) < 4.78 is 0. The van der Waals surface area contributed by atoms with Crippen LogP contribution in [-0.2, 0) is 11.2 Å². The molecule has 1 unspecified atom stereocenters. The van der Waals surface area contributed by atoms with Gasteiger partial charge in [0.25, 0.3) is 0 Å². The molecule has 0 bridgehead atoms. The number of rotatable bonds is 4. The lowest BCUT2D eigenvalue weighted by Crippen LogP contribution is -2.14. The highest BCUT2D eigenvalue weighted by Crippen LogP contribution is 2.28. The monoisotopic (exact) mass is 290 g/mol. The van der Waals surface area contributed by atoms with Crippen LogP contribution in [0.4, 0.5) is 0 Å². The van der Waals surface area contributed by atoms with Gasteiger partial charge < -0.3 is 10.2 Å². The first kappa shape index (κ1) is 14.4. The molecule has 3 nitrogen and oxygen atoms in total. The summed E-state index contributed by atoms with van der Waals surface area (Å²) in [4.78, 5) is 11.5. The number of aliphatic carboxylic acids is 1. The molecule has 2 aromatic rings. The van der Waals surface area contributed by atoms with Crippen molar-refractivity contribution in [1.29, 1.82) is 0 Å². The zero-order chi connectivity index (χ0) is 14.7. The van der Waals surface area contributed by atoms with Gasteiger partial charge in [0, 0.05) is 5.02 Å². The quantitative estimate of drug-likeness (QED) is 0.901. The first-order chi connectivity index (χ1) is 9.49. The summed E-state index contributed by atoms with van der Waals surface area (Å²) in [5.74, 6) is -1.56. The van der Waals surface area contributed by atoms with Crippen LogP contribution in [0, 0.1) is 6.92 Å². The average Bonchev–Trinajstić information content (AvgIpc) is 2.41. The zero-order valence-corrected chi connectivity index (χ0v) is 11.8. The van der Waals surface area contributed by atoms with E-state index in [0.717, 1.165) is 5.56 Å². The molecule has 0 fully saturated rings. The highest BCUT2D eigenvalue weighted by atomic mass is 35.5. The lowest BCUT2D eigenvalue weighted by atomic mass is 9.91. The molecule has 104 valence electrons. The SMILES string of the molecule is Cc1ccc(C(Cc2ccccc2O)C(=O)O)cc1Cl. The predicted molar refractivity (Wildman–Crippen MR) is 78.4 cm³/mol. The van der Waals surface area contributed by atoms with Crippen molar-refractivity contribution in [1.82, 2.24) is 0 Å². The van der Waals surface area contributed by atoms with E-state index >= 15 is 0 Å². The second kappa shape index (κ2) is 5.97. The Morgan fingerprint density at radius 3 is 2.55 bits per heavy atom. The first-order valence-corrected chi connectivity index (χ1v) is 6.62. The fourth-order valence-electron chi connectivity index (χ4n) is 2.08. The van der Waals surface area contributed by atoms with E-state index in [4.69, 9.17) is 11.6 Å². The Labute approximate surface area is 122 Å². The van der Waals surface area contributed by atoms with Crippen molar-refractivity contribution in [2.24, 2.45) is 0 Å². The second-order valence-corrected chi connectivity index (χ2v) is 5.14. The molecule has 0 saturated carbocycles. The van der Waals surface area contributed by atoms with Crippen molar-refractivity contribution < 1.29 is 15.0 Å². The van der Waals surface area contributed by atoms with Crippen LogP contribution in [0.5, 0.6) is 5.75 Å². The molecule has 2 aromatic carbocycles. The number of halogens is 1. The Bertz CT molecular complexity index is 637. The third-order valence-electron chi connectivity index (χ3n) is 3.31. The van der Waals surface area contributed by atoms with Crippen LogP contribution in [0.1, 0.15) is 22.6 Å². The number of carboxylic acid groups (broad SMARTS) is 1. The summed E-state index contributed by atoms with van der Waals surface area (Å²) in [6.07, 6.45) is 0.224. The van der Waals surface area contributed by atoms with E-state index in [1.54, 1.807) is 42.5 Å². The summed E-state index contributed by atoms with van der Waals surface area (Å²) in [7, 11) is 0. The molecule has 1 atom stereocenters. The lowest BCUT2D eigenvalue weighted by Gasteiger charge is -2.14. The van der Waals surface area contributed by atoms with E-state index in [1.807, 2.05) is 6.92 Å². The maximum Gasteiger partial charge on any atom is 0.311 e. The minimum absolute atomic E-state index is 0.108. The Morgan fingerprint density at radius 2 is 1.95 bits per heavy atom. The van der Waals surface area contributed by atoms with E-state index in [1.165, 1.54) is 0 Å². The van der Waals surface area contributed by atoms with Gasteiger partial charge in [0.1, 0.15) is 5.75 Å². The van der Waals surface area contributed by atoms with E-state index in [9.17, 15) is 15.0 Å². The molecule has 4 heteroatoms. The molecule has 0 aliphatic carbocycles. The van der Waals surface area contributed by atoms with Crippen molar-refractivity contribution in [3.8, 4) is 5.75 Å². The number of aryl methyl sites for hydroxylation is 1. The van der Waals surface area contributed by atoms with Crippen LogP contribution >= 0.6 is 11.6 Å². The summed E-state index contributed by atoms with van der Waals surface area (Å²) in [5, 5.41) is 19.7. The minimum Gasteiger partial charge on any atom is -0.508 e. The summed E-state index contributed by atoms with van der Waals surface area (Å²) in [6.45, 7) is 1.87. The van der Waals surface area contributed by atoms with Crippen molar-refractivity contribution >= 4 is 17.6 Å². The molecular formula is C16H15ClO3. The van der Waals surface area contributed by atoms with E-state index in [-0.39, 0.29) is 12.2 Å². The van der Waals surface area contributed by atoms with Crippen LogP contribution in [-0.4, -0.2) is 16.2 Å². The number of phenolic OH excluding ortho intramolecular Hbond substituents is 1. The summed E-state index contributed by atoms with van der Waals surface area (Å²) >= 11 is 6.05. The summed E-state index contributed by atoms with van der Waals surface area (Å²) in [5.41, 5.74) is 2.15. The molecule has 0 aliphatic heterocycles. The topological polar surface area (TPSA) is 57.5 Å². The molecule has 2 rings (SSSR count). The number of carbonyl (C=O) groups is 1. The normalized spacial score (nSPS) is 12.1. The molecule has 0 radical (unpaired) electrons. The van der Waals surface area contributed by atoms with Gasteiger partial charge in [0.2, 0.25) is 0 Å². The fourth-order valence-corrected chi connectivity index (χ4v) is 2.27. The molecule has 0 aliphatic rings. The molecule has 20 heavy (non-hydrogen) atoms. The molecule has 0 amide bonds. The number of aromatic hydroxyl groups is 1. The number of para-hydroxylation sites is 1. The molecule has 0 aromatic heterocycles.